The average Bonchev–Trinajstić information content (AvgIpc) is 3.22. The molecule has 0 aliphatic carbocycles. The monoisotopic (exact) mass is 327 g/mol. The van der Waals surface area contributed by atoms with Crippen molar-refractivity contribution >= 4 is 17.6 Å². The molecule has 1 aliphatic heterocycles. The van der Waals surface area contributed by atoms with Crippen LogP contribution in [0.5, 0.6) is 0 Å². The first-order chi connectivity index (χ1) is 11.6. The van der Waals surface area contributed by atoms with E-state index in [0.29, 0.717) is 12.3 Å². The van der Waals surface area contributed by atoms with E-state index in [0.717, 1.165) is 25.7 Å². The van der Waals surface area contributed by atoms with Crippen molar-refractivity contribution in [2.45, 2.75) is 38.6 Å². The maximum atomic E-state index is 12.4. The van der Waals surface area contributed by atoms with E-state index in [4.69, 9.17) is 4.52 Å². The van der Waals surface area contributed by atoms with Crippen LogP contribution in [0.15, 0.2) is 40.9 Å². The van der Waals surface area contributed by atoms with Crippen molar-refractivity contribution in [1.82, 2.24) is 10.1 Å². The second-order valence-electron chi connectivity index (χ2n) is 6.10. The minimum atomic E-state index is -0.657. The first kappa shape index (κ1) is 16.2. The predicted molar refractivity (Wildman–Crippen MR) is 89.4 cm³/mol. The summed E-state index contributed by atoms with van der Waals surface area (Å²) in [6.45, 7) is 2.36. The van der Waals surface area contributed by atoms with E-state index >= 15 is 0 Å². The third-order valence-corrected chi connectivity index (χ3v) is 4.31. The fourth-order valence-corrected chi connectivity index (χ4v) is 3.11. The number of likely N-dealkylation sites (tertiary alicyclic amines) is 1. The third kappa shape index (κ3) is 3.82. The molecule has 24 heavy (non-hydrogen) atoms. The topological polar surface area (TPSA) is 75.4 Å². The summed E-state index contributed by atoms with van der Waals surface area (Å²) in [6, 6.07) is 11.9. The van der Waals surface area contributed by atoms with Gasteiger partial charge in [0.25, 0.3) is 0 Å². The molecule has 0 spiro atoms. The molecule has 1 atom stereocenters. The molecule has 2 heterocycles. The van der Waals surface area contributed by atoms with Gasteiger partial charge < -0.3 is 9.42 Å². The molecule has 1 aromatic heterocycles. The van der Waals surface area contributed by atoms with Gasteiger partial charge in [0, 0.05) is 18.7 Å². The zero-order valence-corrected chi connectivity index (χ0v) is 13.7. The Bertz CT molecular complexity index is 711. The molecule has 1 N–H and O–H groups in total. The van der Waals surface area contributed by atoms with Gasteiger partial charge in [0.1, 0.15) is 5.76 Å². The summed E-state index contributed by atoms with van der Waals surface area (Å²) in [5, 5.41) is 6.18. The molecule has 3 rings (SSSR count). The first-order valence-electron chi connectivity index (χ1n) is 8.22. The number of hydrogen-bond acceptors (Lipinski definition) is 4. The standard InChI is InChI=1S/C18H21N3O3/c1-13-12-16(20-24-13)19-17(22)18(23)21-11-5-8-15(21)10-9-14-6-3-2-4-7-14/h2-4,6-7,12,15H,5,8-11H2,1H3,(H,19,20,22)/t15-/m1/s1. The lowest BCUT2D eigenvalue weighted by molar-refractivity contribution is -0.143. The number of carbonyl (C=O) groups is 2. The van der Waals surface area contributed by atoms with Gasteiger partial charge in [0.05, 0.1) is 0 Å². The Morgan fingerprint density at radius 3 is 2.83 bits per heavy atom. The van der Waals surface area contributed by atoms with E-state index in [1.807, 2.05) is 18.2 Å². The highest BCUT2D eigenvalue weighted by atomic mass is 16.5. The Morgan fingerprint density at radius 2 is 2.12 bits per heavy atom. The van der Waals surface area contributed by atoms with Crippen molar-refractivity contribution in [2.75, 3.05) is 11.9 Å². The van der Waals surface area contributed by atoms with Gasteiger partial charge in [-0.3, -0.25) is 14.9 Å². The quantitative estimate of drug-likeness (QED) is 0.876. The molecule has 0 bridgehead atoms. The van der Waals surface area contributed by atoms with Crippen LogP contribution in [0.2, 0.25) is 0 Å². The zero-order chi connectivity index (χ0) is 16.9. The number of amides is 2. The predicted octanol–water partition coefficient (Wildman–Crippen LogP) is 2.55. The van der Waals surface area contributed by atoms with Gasteiger partial charge in [-0.1, -0.05) is 35.5 Å². The molecule has 1 saturated heterocycles. The molecule has 2 aromatic rings. The Labute approximate surface area is 140 Å². The fraction of sp³-hybridized carbons (Fsp3) is 0.389. The minimum Gasteiger partial charge on any atom is -0.360 e. The first-order valence-corrected chi connectivity index (χ1v) is 8.22. The number of anilines is 1. The smallest absolute Gasteiger partial charge is 0.315 e. The van der Waals surface area contributed by atoms with Gasteiger partial charge in [0.15, 0.2) is 5.82 Å². The lowest BCUT2D eigenvalue weighted by Crippen LogP contribution is -2.42. The second-order valence-corrected chi connectivity index (χ2v) is 6.10. The molecule has 126 valence electrons. The van der Waals surface area contributed by atoms with Crippen LogP contribution in [0.4, 0.5) is 5.82 Å². The van der Waals surface area contributed by atoms with Crippen LogP contribution in [-0.4, -0.2) is 34.5 Å². The molecule has 0 saturated carbocycles. The Kier molecular flexibility index (Phi) is 4.93. The van der Waals surface area contributed by atoms with Gasteiger partial charge in [-0.2, -0.15) is 0 Å². The van der Waals surface area contributed by atoms with Gasteiger partial charge >= 0.3 is 11.8 Å². The molecule has 6 nitrogen and oxygen atoms in total. The van der Waals surface area contributed by atoms with Crippen LogP contribution in [-0.2, 0) is 16.0 Å². The number of carbonyl (C=O) groups excluding carboxylic acids is 2. The van der Waals surface area contributed by atoms with Crippen LogP contribution in [0.1, 0.15) is 30.6 Å². The highest BCUT2D eigenvalue weighted by Gasteiger charge is 2.32. The lowest BCUT2D eigenvalue weighted by Gasteiger charge is -2.24. The van der Waals surface area contributed by atoms with Crippen LogP contribution in [0, 0.1) is 6.92 Å². The van der Waals surface area contributed by atoms with Crippen molar-refractivity contribution in [3.8, 4) is 0 Å². The molecular weight excluding hydrogens is 306 g/mol. The summed E-state index contributed by atoms with van der Waals surface area (Å²) in [5.41, 5.74) is 1.25. The van der Waals surface area contributed by atoms with E-state index in [2.05, 4.69) is 22.6 Å². The fourth-order valence-electron chi connectivity index (χ4n) is 3.11. The molecule has 0 unspecified atom stereocenters. The van der Waals surface area contributed by atoms with Crippen LogP contribution in [0.25, 0.3) is 0 Å². The lowest BCUT2D eigenvalue weighted by atomic mass is 10.0. The number of nitrogens with zero attached hydrogens (tertiary/aromatic N) is 2. The van der Waals surface area contributed by atoms with Crippen molar-refractivity contribution in [3.63, 3.8) is 0 Å². The number of aromatic nitrogens is 1. The SMILES string of the molecule is Cc1cc(NC(=O)C(=O)N2CCC[C@@H]2CCc2ccccc2)no1. The summed E-state index contributed by atoms with van der Waals surface area (Å²) in [6.07, 6.45) is 3.64. The van der Waals surface area contributed by atoms with Crippen LogP contribution < -0.4 is 5.32 Å². The van der Waals surface area contributed by atoms with E-state index in [1.54, 1.807) is 17.9 Å². The largest absolute Gasteiger partial charge is 0.360 e. The minimum absolute atomic E-state index is 0.113. The Balaban J connectivity index is 1.57. The van der Waals surface area contributed by atoms with Gasteiger partial charge in [-0.05, 0) is 38.2 Å². The molecular formula is C18H21N3O3. The maximum absolute atomic E-state index is 12.4. The molecule has 0 radical (unpaired) electrons. The normalized spacial score (nSPS) is 17.0. The molecule has 1 aromatic carbocycles. The number of rotatable bonds is 4. The third-order valence-electron chi connectivity index (χ3n) is 4.31. The Hall–Kier alpha value is -2.63. The van der Waals surface area contributed by atoms with Gasteiger partial charge in [-0.15, -0.1) is 0 Å². The summed E-state index contributed by atoms with van der Waals surface area (Å²) in [4.78, 5) is 26.3. The van der Waals surface area contributed by atoms with Crippen LogP contribution in [0.3, 0.4) is 0 Å². The van der Waals surface area contributed by atoms with Gasteiger partial charge in [-0.25, -0.2) is 0 Å². The van der Waals surface area contributed by atoms with Crippen molar-refractivity contribution in [2.24, 2.45) is 0 Å². The molecule has 1 aliphatic rings. The van der Waals surface area contributed by atoms with E-state index in [9.17, 15) is 9.59 Å². The zero-order valence-electron chi connectivity index (χ0n) is 13.7. The van der Waals surface area contributed by atoms with E-state index in [1.165, 1.54) is 5.56 Å². The number of hydrogen-bond donors (Lipinski definition) is 1. The highest BCUT2D eigenvalue weighted by Crippen LogP contribution is 2.22. The molecule has 2 amide bonds. The number of benzene rings is 1. The van der Waals surface area contributed by atoms with E-state index in [-0.39, 0.29) is 11.9 Å². The number of aryl methyl sites for hydroxylation is 2. The summed E-state index contributed by atoms with van der Waals surface area (Å²) < 4.78 is 4.89. The molecule has 6 heteroatoms. The van der Waals surface area contributed by atoms with Crippen molar-refractivity contribution < 1.29 is 14.1 Å². The van der Waals surface area contributed by atoms with Crippen molar-refractivity contribution in [1.29, 1.82) is 0 Å². The molecule has 1 fully saturated rings. The highest BCUT2D eigenvalue weighted by molar-refractivity contribution is 6.39. The summed E-state index contributed by atoms with van der Waals surface area (Å²) in [7, 11) is 0. The maximum Gasteiger partial charge on any atom is 0.315 e. The summed E-state index contributed by atoms with van der Waals surface area (Å²) in [5.74, 6) is -0.299. The Morgan fingerprint density at radius 1 is 1.33 bits per heavy atom. The number of nitrogens with one attached hydrogen (secondary N) is 1. The second kappa shape index (κ2) is 7.29. The van der Waals surface area contributed by atoms with E-state index < -0.39 is 11.8 Å². The van der Waals surface area contributed by atoms with Crippen LogP contribution >= 0.6 is 0 Å². The van der Waals surface area contributed by atoms with Crippen molar-refractivity contribution in [3.05, 3.63) is 47.7 Å². The average molecular weight is 327 g/mol. The summed E-state index contributed by atoms with van der Waals surface area (Å²) >= 11 is 0. The van der Waals surface area contributed by atoms with Gasteiger partial charge in [0.2, 0.25) is 0 Å².